The van der Waals surface area contributed by atoms with Crippen LogP contribution in [0.25, 0.3) is 0 Å². The number of hydrogen-bond acceptors (Lipinski definition) is 2. The summed E-state index contributed by atoms with van der Waals surface area (Å²) >= 11 is 2.04. The summed E-state index contributed by atoms with van der Waals surface area (Å²) in [5.74, 6) is 1.80. The molecule has 0 saturated heterocycles. The first-order chi connectivity index (χ1) is 11.1. The second-order valence-corrected chi connectivity index (χ2v) is 8.29. The van der Waals surface area contributed by atoms with Gasteiger partial charge in [-0.3, -0.25) is 4.79 Å². The van der Waals surface area contributed by atoms with E-state index < -0.39 is 0 Å². The van der Waals surface area contributed by atoms with E-state index in [0.717, 1.165) is 24.0 Å². The number of amides is 1. The van der Waals surface area contributed by atoms with Crippen LogP contribution in [0.2, 0.25) is 0 Å². The van der Waals surface area contributed by atoms with E-state index in [4.69, 9.17) is 0 Å². The van der Waals surface area contributed by atoms with Crippen LogP contribution in [0.1, 0.15) is 69.4 Å². The lowest BCUT2D eigenvalue weighted by Crippen LogP contribution is -2.26. The molecule has 1 amide bonds. The van der Waals surface area contributed by atoms with Crippen LogP contribution in [0.3, 0.4) is 0 Å². The predicted molar refractivity (Wildman–Crippen MR) is 101 cm³/mol. The van der Waals surface area contributed by atoms with E-state index in [9.17, 15) is 4.79 Å². The van der Waals surface area contributed by atoms with Crippen molar-refractivity contribution in [3.05, 3.63) is 35.4 Å². The van der Waals surface area contributed by atoms with E-state index in [0.29, 0.717) is 12.3 Å². The van der Waals surface area contributed by atoms with Crippen LogP contribution in [0.4, 0.5) is 0 Å². The SMILES string of the molecule is CC(C)c1ccc(CCC(=O)NCCSC2CCCCC2)cc1. The Balaban J connectivity index is 1.57. The number of aryl methyl sites for hydroxylation is 1. The lowest BCUT2D eigenvalue weighted by atomic mass is 10.0. The van der Waals surface area contributed by atoms with Crippen LogP contribution >= 0.6 is 11.8 Å². The number of carbonyl (C=O) groups is 1. The maximum atomic E-state index is 11.9. The molecule has 2 rings (SSSR count). The average Bonchev–Trinajstić information content (AvgIpc) is 2.58. The zero-order valence-electron chi connectivity index (χ0n) is 14.6. The van der Waals surface area contributed by atoms with Crippen LogP contribution in [-0.2, 0) is 11.2 Å². The molecule has 0 radical (unpaired) electrons. The van der Waals surface area contributed by atoms with E-state index in [2.05, 4.69) is 43.4 Å². The smallest absolute Gasteiger partial charge is 0.220 e. The van der Waals surface area contributed by atoms with E-state index in [1.165, 1.54) is 43.2 Å². The molecule has 1 aromatic rings. The van der Waals surface area contributed by atoms with Gasteiger partial charge in [0.05, 0.1) is 0 Å². The van der Waals surface area contributed by atoms with Crippen molar-refractivity contribution < 1.29 is 4.79 Å². The maximum Gasteiger partial charge on any atom is 0.220 e. The predicted octanol–water partition coefficient (Wildman–Crippen LogP) is 4.92. The topological polar surface area (TPSA) is 29.1 Å². The molecular weight excluding hydrogens is 302 g/mol. The lowest BCUT2D eigenvalue weighted by molar-refractivity contribution is -0.120. The van der Waals surface area contributed by atoms with Crippen molar-refractivity contribution in [1.29, 1.82) is 0 Å². The van der Waals surface area contributed by atoms with Gasteiger partial charge in [0, 0.05) is 24.0 Å². The number of carbonyl (C=O) groups excluding carboxylic acids is 1. The average molecular weight is 334 g/mol. The van der Waals surface area contributed by atoms with Gasteiger partial charge < -0.3 is 5.32 Å². The fourth-order valence-corrected chi connectivity index (χ4v) is 4.28. The Morgan fingerprint density at radius 1 is 1.17 bits per heavy atom. The Hall–Kier alpha value is -0.960. The molecule has 1 fully saturated rings. The standard InChI is InChI=1S/C20H31NOS/c1-16(2)18-11-8-17(9-12-18)10-13-20(22)21-14-15-23-19-6-4-3-5-7-19/h8-9,11-12,16,19H,3-7,10,13-15H2,1-2H3,(H,21,22). The summed E-state index contributed by atoms with van der Waals surface area (Å²) in [5.41, 5.74) is 2.61. The van der Waals surface area contributed by atoms with Gasteiger partial charge in [-0.2, -0.15) is 11.8 Å². The second kappa shape index (κ2) is 10.0. The molecule has 3 heteroatoms. The number of thioether (sulfide) groups is 1. The Morgan fingerprint density at radius 3 is 2.52 bits per heavy atom. The first-order valence-corrected chi connectivity index (χ1v) is 10.2. The molecule has 1 aromatic carbocycles. The minimum Gasteiger partial charge on any atom is -0.355 e. The highest BCUT2D eigenvalue weighted by Gasteiger charge is 2.13. The van der Waals surface area contributed by atoms with Gasteiger partial charge in [0.1, 0.15) is 0 Å². The number of nitrogens with one attached hydrogen (secondary N) is 1. The van der Waals surface area contributed by atoms with Gasteiger partial charge >= 0.3 is 0 Å². The lowest BCUT2D eigenvalue weighted by Gasteiger charge is -2.20. The summed E-state index contributed by atoms with van der Waals surface area (Å²) < 4.78 is 0. The van der Waals surface area contributed by atoms with Crippen LogP contribution < -0.4 is 5.32 Å². The van der Waals surface area contributed by atoms with Crippen molar-refractivity contribution in [1.82, 2.24) is 5.32 Å². The molecular formula is C20H31NOS. The molecule has 1 N–H and O–H groups in total. The van der Waals surface area contributed by atoms with Gasteiger partial charge in [-0.15, -0.1) is 0 Å². The number of hydrogen-bond donors (Lipinski definition) is 1. The summed E-state index contributed by atoms with van der Waals surface area (Å²) in [6.45, 7) is 5.22. The molecule has 0 unspecified atom stereocenters. The van der Waals surface area contributed by atoms with E-state index in [-0.39, 0.29) is 5.91 Å². The molecule has 1 aliphatic carbocycles. The largest absolute Gasteiger partial charge is 0.355 e. The van der Waals surface area contributed by atoms with Gasteiger partial charge in [0.2, 0.25) is 5.91 Å². The van der Waals surface area contributed by atoms with Crippen LogP contribution in [0, 0.1) is 0 Å². The van der Waals surface area contributed by atoms with Crippen LogP contribution in [0.5, 0.6) is 0 Å². The van der Waals surface area contributed by atoms with E-state index in [1.54, 1.807) is 0 Å². The van der Waals surface area contributed by atoms with Gasteiger partial charge in [0.25, 0.3) is 0 Å². The zero-order valence-corrected chi connectivity index (χ0v) is 15.5. The van der Waals surface area contributed by atoms with Crippen molar-refractivity contribution in [3.63, 3.8) is 0 Å². The first kappa shape index (κ1) is 18.4. The molecule has 0 spiro atoms. The fraction of sp³-hybridized carbons (Fsp3) is 0.650. The quantitative estimate of drug-likeness (QED) is 0.684. The second-order valence-electron chi connectivity index (χ2n) is 6.88. The van der Waals surface area contributed by atoms with Gasteiger partial charge in [-0.25, -0.2) is 0 Å². The molecule has 0 aliphatic heterocycles. The minimum atomic E-state index is 0.183. The molecule has 23 heavy (non-hydrogen) atoms. The molecule has 1 saturated carbocycles. The van der Waals surface area contributed by atoms with Crippen molar-refractivity contribution in [2.75, 3.05) is 12.3 Å². The summed E-state index contributed by atoms with van der Waals surface area (Å²) in [6.07, 6.45) is 8.34. The highest BCUT2D eigenvalue weighted by Crippen LogP contribution is 2.27. The maximum absolute atomic E-state index is 11.9. The Bertz CT molecular complexity index is 463. The molecule has 1 aliphatic rings. The highest BCUT2D eigenvalue weighted by atomic mass is 32.2. The van der Waals surface area contributed by atoms with Gasteiger partial charge in [-0.05, 0) is 36.3 Å². The third-order valence-corrected chi connectivity index (χ3v) is 6.00. The van der Waals surface area contributed by atoms with Crippen molar-refractivity contribution in [2.24, 2.45) is 0 Å². The fourth-order valence-electron chi connectivity index (χ4n) is 3.06. The Kier molecular flexibility index (Phi) is 8.01. The minimum absolute atomic E-state index is 0.183. The Labute approximate surface area is 145 Å². The summed E-state index contributed by atoms with van der Waals surface area (Å²) in [6, 6.07) is 8.67. The monoisotopic (exact) mass is 333 g/mol. The van der Waals surface area contributed by atoms with Crippen molar-refractivity contribution >= 4 is 17.7 Å². The normalized spacial score (nSPS) is 15.8. The van der Waals surface area contributed by atoms with E-state index >= 15 is 0 Å². The van der Waals surface area contributed by atoms with Gasteiger partial charge in [0.15, 0.2) is 0 Å². The molecule has 2 nitrogen and oxygen atoms in total. The molecule has 128 valence electrons. The van der Waals surface area contributed by atoms with Crippen LogP contribution in [0.15, 0.2) is 24.3 Å². The number of benzene rings is 1. The summed E-state index contributed by atoms with van der Waals surface area (Å²) in [4.78, 5) is 11.9. The third-order valence-electron chi connectivity index (χ3n) is 4.62. The molecule has 0 heterocycles. The number of rotatable bonds is 8. The third kappa shape index (κ3) is 6.99. The Morgan fingerprint density at radius 2 is 1.87 bits per heavy atom. The molecule has 0 bridgehead atoms. The summed E-state index contributed by atoms with van der Waals surface area (Å²) in [7, 11) is 0. The van der Waals surface area contributed by atoms with Gasteiger partial charge in [-0.1, -0.05) is 57.4 Å². The summed E-state index contributed by atoms with van der Waals surface area (Å²) in [5, 5.41) is 3.90. The van der Waals surface area contributed by atoms with Crippen molar-refractivity contribution in [3.8, 4) is 0 Å². The van der Waals surface area contributed by atoms with Crippen LogP contribution in [-0.4, -0.2) is 23.5 Å². The zero-order chi connectivity index (χ0) is 16.5. The molecule has 0 aromatic heterocycles. The van der Waals surface area contributed by atoms with Crippen molar-refractivity contribution in [2.45, 2.75) is 70.0 Å². The highest BCUT2D eigenvalue weighted by molar-refractivity contribution is 7.99. The van der Waals surface area contributed by atoms with E-state index in [1.807, 2.05) is 11.8 Å². The first-order valence-electron chi connectivity index (χ1n) is 9.12. The molecule has 0 atom stereocenters.